The van der Waals surface area contributed by atoms with Crippen LogP contribution in [0.4, 0.5) is 105 Å². The van der Waals surface area contributed by atoms with Crippen LogP contribution in [0, 0.1) is 39.4 Å². The van der Waals surface area contributed by atoms with Crippen LogP contribution in [0.1, 0.15) is 61.1 Å². The second-order valence-corrected chi connectivity index (χ2v) is 27.7. The number of rotatable bonds is 12. The molecule has 0 heterocycles. The molecule has 0 N–H and O–H groups in total. The molecule has 6 rings (SSSR count). The minimum Gasteiger partial charge on any atom is -0.741 e. The third kappa shape index (κ3) is 28.7. The van der Waals surface area contributed by atoms with Gasteiger partial charge in [0, 0.05) is 20.8 Å². The number of hydrogen-bond donors (Lipinski definition) is 0. The van der Waals surface area contributed by atoms with Crippen molar-refractivity contribution in [1.82, 2.24) is 0 Å². The van der Waals surface area contributed by atoms with Gasteiger partial charge >= 0.3 is 67.6 Å². The van der Waals surface area contributed by atoms with E-state index in [4.69, 9.17) is 41.7 Å². The topological polar surface area (TPSA) is 186 Å². The predicted molar refractivity (Wildman–Crippen MR) is 295 cm³/mol. The van der Waals surface area contributed by atoms with Crippen LogP contribution in [0.5, 0.6) is 0 Å². The van der Waals surface area contributed by atoms with Gasteiger partial charge in [0.2, 0.25) is 0 Å². The van der Waals surface area contributed by atoms with E-state index in [1.54, 1.807) is 18.2 Å². The molecule has 0 fully saturated rings. The molecule has 516 valence electrons. The van der Waals surface area contributed by atoms with E-state index < -0.39 is 149 Å². The smallest absolute Gasteiger partial charge is 0.741 e. The summed E-state index contributed by atoms with van der Waals surface area (Å²) in [6.45, 7) is 5.68. The largest absolute Gasteiger partial charge is 2.00 e. The van der Waals surface area contributed by atoms with Gasteiger partial charge in [0.15, 0.2) is 20.2 Å². The molecular weight excluding hydrogens is 1510 g/mol. The monoisotopic (exact) mass is 1560 g/mol. The average Bonchev–Trinajstić information content (AvgIpc) is 0.774. The summed E-state index contributed by atoms with van der Waals surface area (Å²) in [5, 5.41) is 20.8. The number of nitriles is 3. The number of nitrogens with zero attached hydrogens (tertiary/aromatic N) is 3. The van der Waals surface area contributed by atoms with Gasteiger partial charge in [-0.2, -0.15) is 121 Å². The van der Waals surface area contributed by atoms with Crippen LogP contribution in [0.25, 0.3) is 0 Å². The molecule has 0 spiro atoms. The fourth-order valence-electron chi connectivity index (χ4n) is 7.39. The van der Waals surface area contributed by atoms with E-state index in [0.29, 0.717) is 72.8 Å². The molecule has 6 aromatic carbocycles. The van der Waals surface area contributed by atoms with Crippen molar-refractivity contribution in [2.45, 2.75) is 75.8 Å². The van der Waals surface area contributed by atoms with E-state index in [1.807, 2.05) is 0 Å². The van der Waals surface area contributed by atoms with Crippen LogP contribution >= 0.6 is 23.8 Å². The summed E-state index contributed by atoms with van der Waals surface area (Å²) in [6.07, 6.45) is -31.6. The Morgan fingerprint density at radius 2 is 0.447 bits per heavy atom. The van der Waals surface area contributed by atoms with Gasteiger partial charge in [-0.1, -0.05) is 79.7 Å². The zero-order valence-electron chi connectivity index (χ0n) is 47.4. The Balaban J connectivity index is 0.00000282. The zero-order valence-corrected chi connectivity index (χ0v) is 53.4. The summed E-state index contributed by atoms with van der Waals surface area (Å²) in [4.78, 5) is 0. The van der Waals surface area contributed by atoms with E-state index in [-0.39, 0.29) is 51.3 Å². The molecule has 0 saturated heterocycles. The van der Waals surface area contributed by atoms with Crippen LogP contribution in [0.2, 0.25) is 0 Å². The van der Waals surface area contributed by atoms with E-state index >= 15 is 0 Å². The van der Waals surface area contributed by atoms with Crippen molar-refractivity contribution < 1.29 is 151 Å². The SMILES string of the molecule is CC#N.CC#N.CC#N.CC(CP(c1cccc(C(F)(F)F)c1)c1cccc(C(F)(F)F)c1)(CP(c1cccc(C(F)(F)F)c1)c1cccc(C(F)(F)F)c1)CP(c1cccc(C(F)(F)F)c1)c1cccc(C(F)(F)F)c1.O=S(=O)([O-])C(F)(F)F.O=S(=O)([O-])C(F)(F)F.[Ru+2]. The van der Waals surface area contributed by atoms with Gasteiger partial charge in [0.1, 0.15) is 0 Å². The maximum absolute atomic E-state index is 14.3. The molecule has 0 saturated carbocycles. The summed E-state index contributed by atoms with van der Waals surface area (Å²) in [5.41, 5.74) is -20.5. The third-order valence-corrected chi connectivity index (χ3v) is 20.9. The van der Waals surface area contributed by atoms with Gasteiger partial charge in [-0.25, -0.2) is 16.8 Å². The number of alkyl halides is 24. The molecule has 39 heteroatoms. The molecule has 0 unspecified atom stereocenters. The van der Waals surface area contributed by atoms with Crippen molar-refractivity contribution in [3.8, 4) is 18.2 Å². The van der Waals surface area contributed by atoms with Crippen molar-refractivity contribution in [1.29, 1.82) is 15.8 Å². The molecule has 0 amide bonds. The predicted octanol–water partition coefficient (Wildman–Crippen LogP) is 16.2. The summed E-state index contributed by atoms with van der Waals surface area (Å²) in [6, 6.07) is 26.4. The number of hydrogen-bond acceptors (Lipinski definition) is 9. The van der Waals surface area contributed by atoms with E-state index in [1.165, 1.54) is 64.1 Å². The minimum atomic E-state index is -6.09. The minimum absolute atomic E-state index is 0. The van der Waals surface area contributed by atoms with Crippen LogP contribution in [-0.2, 0) is 76.8 Å². The van der Waals surface area contributed by atoms with Gasteiger partial charge < -0.3 is 9.11 Å². The van der Waals surface area contributed by atoms with Crippen molar-refractivity contribution in [3.05, 3.63) is 179 Å². The Labute approximate surface area is 536 Å². The molecule has 0 bridgehead atoms. The molecule has 0 radical (unpaired) electrons. The first-order valence-electron chi connectivity index (χ1n) is 24.4. The van der Waals surface area contributed by atoms with Crippen molar-refractivity contribution >= 4 is 75.8 Å². The molecule has 0 aromatic heterocycles. The first-order chi connectivity index (χ1) is 42.1. The third-order valence-electron chi connectivity index (χ3n) is 11.1. The Bertz CT molecular complexity index is 3250. The second-order valence-electron chi connectivity index (χ2n) is 18.3. The molecule has 0 aliphatic heterocycles. The van der Waals surface area contributed by atoms with E-state index in [9.17, 15) is 105 Å². The van der Waals surface area contributed by atoms with Crippen LogP contribution in [0.15, 0.2) is 146 Å². The second kappa shape index (κ2) is 35.2. The van der Waals surface area contributed by atoms with Gasteiger partial charge in [-0.3, -0.25) is 0 Å². The molecule has 0 aliphatic rings. The Morgan fingerprint density at radius 1 is 0.330 bits per heavy atom. The molecule has 9 nitrogen and oxygen atoms in total. The standard InChI is InChI=1S/C47H33F18P3.3C2H3N.2CHF3O3S.Ru/c1-41(26-66(35-14-2-8-29(20-35)42(48,49)50)36-15-3-9-30(21-36)43(51,52)53,27-67(37-16-4-10-31(22-37)44(54,55)56)38-17-5-11-32(23-38)45(57,58)59)28-68(39-18-6-12-33(24-39)46(60,61)62)40-19-7-13-34(25-40)47(63,64)65;3*1-2-3;2*2-1(3,4)8(5,6)7;/h2-25H,26-28H2,1H3;3*1H3;2*(H,5,6,7);/q;;;;;;+2/p-2. The van der Waals surface area contributed by atoms with E-state index in [0.717, 1.165) is 36.4 Å². The molecule has 0 atom stereocenters. The van der Waals surface area contributed by atoms with Gasteiger partial charge in [-0.15, -0.1) is 0 Å². The normalized spacial score (nSPS) is 12.4. The van der Waals surface area contributed by atoms with Gasteiger partial charge in [-0.05, 0) is 152 Å². The van der Waals surface area contributed by atoms with Crippen molar-refractivity contribution in [2.24, 2.45) is 5.41 Å². The summed E-state index contributed by atoms with van der Waals surface area (Å²) in [7, 11) is -19.7. The molecular formula is C55H42F24N3O6P3RuS2. The van der Waals surface area contributed by atoms with Crippen LogP contribution < -0.4 is 31.8 Å². The maximum atomic E-state index is 14.3. The van der Waals surface area contributed by atoms with Gasteiger partial charge in [0.05, 0.1) is 51.6 Å². The molecule has 0 aliphatic carbocycles. The first-order valence-corrected chi connectivity index (χ1v) is 31.8. The average molecular weight is 1560 g/mol. The van der Waals surface area contributed by atoms with E-state index in [2.05, 4.69) is 0 Å². The van der Waals surface area contributed by atoms with Crippen LogP contribution in [-0.4, -0.2) is 55.4 Å². The van der Waals surface area contributed by atoms with Crippen molar-refractivity contribution in [2.75, 3.05) is 18.5 Å². The van der Waals surface area contributed by atoms with Crippen LogP contribution in [0.3, 0.4) is 0 Å². The fraction of sp³-hybridized carbons (Fsp3) is 0.291. The quantitative estimate of drug-likeness (QED) is 0.0378. The Morgan fingerprint density at radius 3 is 0.543 bits per heavy atom. The van der Waals surface area contributed by atoms with Crippen molar-refractivity contribution in [3.63, 3.8) is 0 Å². The number of benzene rings is 6. The summed E-state index contributed by atoms with van der Waals surface area (Å²) >= 11 is 0. The first kappa shape index (κ1) is 87.8. The Kier molecular flexibility index (Phi) is 32.9. The molecule has 94 heavy (non-hydrogen) atoms. The zero-order chi connectivity index (χ0) is 72.4. The number of halogens is 24. The molecule has 6 aromatic rings. The summed E-state index contributed by atoms with van der Waals surface area (Å²) < 4.78 is 375. The summed E-state index contributed by atoms with van der Waals surface area (Å²) in [5.74, 6) is 0. The Hall–Kier alpha value is -6.16. The fourth-order valence-corrected chi connectivity index (χ4v) is 16.2. The maximum Gasteiger partial charge on any atom is 2.00 e. The van der Waals surface area contributed by atoms with Gasteiger partial charge in [0.25, 0.3) is 0 Å².